The molecular formula is C22H25N3O4. The number of benzene rings is 2. The van der Waals surface area contributed by atoms with Crippen molar-refractivity contribution in [2.45, 2.75) is 38.6 Å². The van der Waals surface area contributed by atoms with Gasteiger partial charge in [-0.1, -0.05) is 37.6 Å². The van der Waals surface area contributed by atoms with Gasteiger partial charge in [0.25, 0.3) is 0 Å². The number of hydroxylamine groups is 2. The third-order valence-electron chi connectivity index (χ3n) is 5.61. The summed E-state index contributed by atoms with van der Waals surface area (Å²) in [5.41, 5.74) is 1.50. The molecule has 7 nitrogen and oxygen atoms in total. The fourth-order valence-electron chi connectivity index (χ4n) is 4.21. The number of oxazole rings is 1. The van der Waals surface area contributed by atoms with Crippen LogP contribution in [0.25, 0.3) is 21.9 Å². The third kappa shape index (κ3) is 3.82. The van der Waals surface area contributed by atoms with Crippen LogP contribution < -0.4 is 0 Å². The smallest absolute Gasteiger partial charge is 0.233 e. The number of aromatic nitrogens is 1. The van der Waals surface area contributed by atoms with E-state index >= 15 is 0 Å². The van der Waals surface area contributed by atoms with Gasteiger partial charge in [0.1, 0.15) is 11.6 Å². The van der Waals surface area contributed by atoms with E-state index in [1.54, 1.807) is 4.90 Å². The number of nitrogens with zero attached hydrogens (tertiary/aromatic N) is 3. The summed E-state index contributed by atoms with van der Waals surface area (Å²) >= 11 is 0. The molecule has 1 aliphatic heterocycles. The third-order valence-corrected chi connectivity index (χ3v) is 5.61. The van der Waals surface area contributed by atoms with Crippen LogP contribution in [0.4, 0.5) is 0 Å². The molecule has 4 rings (SSSR count). The largest absolute Gasteiger partial charge is 0.438 e. The molecule has 3 aromatic rings. The Morgan fingerprint density at radius 2 is 2.14 bits per heavy atom. The monoisotopic (exact) mass is 395 g/mol. The van der Waals surface area contributed by atoms with Gasteiger partial charge in [-0.05, 0) is 42.2 Å². The van der Waals surface area contributed by atoms with Crippen LogP contribution in [0.2, 0.25) is 0 Å². The Bertz CT molecular complexity index is 979. The maximum atomic E-state index is 13.2. The number of amides is 2. The number of fused-ring (bicyclic) bond motifs is 2. The average Bonchev–Trinajstić information content (AvgIpc) is 3.37. The fourth-order valence-corrected chi connectivity index (χ4v) is 4.21. The number of hydrogen-bond donors (Lipinski definition) is 1. The lowest BCUT2D eigenvalue weighted by Crippen LogP contribution is -2.40. The van der Waals surface area contributed by atoms with Gasteiger partial charge in [-0.3, -0.25) is 14.8 Å². The topological polar surface area (TPSA) is 86.9 Å². The zero-order valence-corrected chi connectivity index (χ0v) is 16.5. The first-order chi connectivity index (χ1) is 14.1. The molecule has 1 fully saturated rings. The summed E-state index contributed by atoms with van der Waals surface area (Å²) in [6.07, 6.45) is 3.38. The number of likely N-dealkylation sites (tertiary alicyclic amines) is 1. The van der Waals surface area contributed by atoms with E-state index in [0.717, 1.165) is 35.6 Å². The Balaban J connectivity index is 1.62. The highest BCUT2D eigenvalue weighted by molar-refractivity contribution is 5.94. The van der Waals surface area contributed by atoms with Gasteiger partial charge in [0.15, 0.2) is 5.58 Å². The average molecular weight is 395 g/mol. The molecule has 2 amide bonds. The van der Waals surface area contributed by atoms with Gasteiger partial charge in [-0.15, -0.1) is 0 Å². The predicted molar refractivity (Wildman–Crippen MR) is 108 cm³/mol. The van der Waals surface area contributed by atoms with E-state index in [1.165, 1.54) is 0 Å². The molecular weight excluding hydrogens is 370 g/mol. The second-order valence-electron chi connectivity index (χ2n) is 7.62. The molecule has 29 heavy (non-hydrogen) atoms. The Kier molecular flexibility index (Phi) is 5.49. The number of rotatable bonds is 7. The Morgan fingerprint density at radius 1 is 1.38 bits per heavy atom. The van der Waals surface area contributed by atoms with E-state index in [0.29, 0.717) is 35.9 Å². The zero-order chi connectivity index (χ0) is 20.4. The van der Waals surface area contributed by atoms with E-state index in [9.17, 15) is 14.8 Å². The normalized spacial score (nSPS) is 17.7. The first-order valence-corrected chi connectivity index (χ1v) is 10.1. The summed E-state index contributed by atoms with van der Waals surface area (Å²) < 4.78 is 6.06. The molecule has 7 heteroatoms. The predicted octanol–water partition coefficient (Wildman–Crippen LogP) is 3.91. The van der Waals surface area contributed by atoms with Gasteiger partial charge >= 0.3 is 0 Å². The highest BCUT2D eigenvalue weighted by Gasteiger charge is 2.36. The lowest BCUT2D eigenvalue weighted by molar-refractivity contribution is -0.157. The molecule has 1 saturated heterocycles. The molecule has 2 aromatic carbocycles. The number of hydrogen-bond acceptors (Lipinski definition) is 5. The van der Waals surface area contributed by atoms with Gasteiger partial charge in [-0.2, -0.15) is 0 Å². The summed E-state index contributed by atoms with van der Waals surface area (Å²) in [5, 5.41) is 12.3. The van der Waals surface area contributed by atoms with Crippen molar-refractivity contribution in [3.8, 4) is 0 Å². The minimum absolute atomic E-state index is 0.00165. The lowest BCUT2D eigenvalue weighted by atomic mass is 10.0. The molecule has 0 unspecified atom stereocenters. The first kappa shape index (κ1) is 19.4. The van der Waals surface area contributed by atoms with Crippen LogP contribution in [-0.2, 0) is 9.59 Å². The molecule has 0 radical (unpaired) electrons. The number of carbonyl (C=O) groups excluding carboxylic acids is 2. The maximum absolute atomic E-state index is 13.2. The van der Waals surface area contributed by atoms with Crippen molar-refractivity contribution in [2.24, 2.45) is 5.92 Å². The summed E-state index contributed by atoms with van der Waals surface area (Å²) in [6, 6.07) is 11.8. The highest BCUT2D eigenvalue weighted by Crippen LogP contribution is 2.35. The van der Waals surface area contributed by atoms with Crippen LogP contribution in [0.5, 0.6) is 0 Å². The minimum atomic E-state index is -0.442. The molecule has 152 valence electrons. The standard InChI is InChI=1S/C22H25N3O4/c1-2-6-17(13-24(28)14-26)22(27)25-10-5-9-19(25)21-23-18-11-15-7-3-4-8-16(15)12-20(18)29-21/h3-4,7-8,11-12,14,17,19,28H,2,5-6,9-10,13H2,1H3/t17-,19+/m1/s1. The summed E-state index contributed by atoms with van der Waals surface area (Å²) in [7, 11) is 0. The molecule has 1 aromatic heterocycles. The van der Waals surface area contributed by atoms with Gasteiger partial charge in [-0.25, -0.2) is 10.0 Å². The zero-order valence-electron chi connectivity index (χ0n) is 16.5. The molecule has 1 N–H and O–H groups in total. The Hall–Kier alpha value is -2.93. The van der Waals surface area contributed by atoms with Crippen LogP contribution in [0.1, 0.15) is 44.5 Å². The molecule has 2 heterocycles. The van der Waals surface area contributed by atoms with Gasteiger partial charge < -0.3 is 9.32 Å². The van der Waals surface area contributed by atoms with Crippen LogP contribution in [-0.4, -0.2) is 45.6 Å². The molecule has 1 aliphatic rings. The molecule has 0 bridgehead atoms. The highest BCUT2D eigenvalue weighted by atomic mass is 16.5. The summed E-state index contributed by atoms with van der Waals surface area (Å²) in [4.78, 5) is 30.5. The van der Waals surface area contributed by atoms with Crippen LogP contribution >= 0.6 is 0 Å². The van der Waals surface area contributed by atoms with Crippen molar-refractivity contribution in [2.75, 3.05) is 13.1 Å². The quantitative estimate of drug-likeness (QED) is 0.372. The summed E-state index contributed by atoms with van der Waals surface area (Å²) in [5.74, 6) is 0.0399. The van der Waals surface area contributed by atoms with Crippen molar-refractivity contribution < 1.29 is 19.2 Å². The van der Waals surface area contributed by atoms with E-state index in [4.69, 9.17) is 4.42 Å². The lowest BCUT2D eigenvalue weighted by Gasteiger charge is -2.28. The van der Waals surface area contributed by atoms with E-state index in [2.05, 4.69) is 4.98 Å². The summed E-state index contributed by atoms with van der Waals surface area (Å²) in [6.45, 7) is 2.60. The Morgan fingerprint density at radius 3 is 2.86 bits per heavy atom. The molecule has 0 saturated carbocycles. The maximum Gasteiger partial charge on any atom is 0.233 e. The molecule has 0 aliphatic carbocycles. The van der Waals surface area contributed by atoms with Gasteiger partial charge in [0.2, 0.25) is 18.2 Å². The second-order valence-corrected chi connectivity index (χ2v) is 7.62. The molecule has 2 atom stereocenters. The fraction of sp³-hybridized carbons (Fsp3) is 0.409. The van der Waals surface area contributed by atoms with E-state index < -0.39 is 5.92 Å². The van der Waals surface area contributed by atoms with Crippen molar-refractivity contribution >= 4 is 34.2 Å². The van der Waals surface area contributed by atoms with E-state index in [-0.39, 0.29) is 18.5 Å². The second kappa shape index (κ2) is 8.21. The Labute approximate surface area is 168 Å². The van der Waals surface area contributed by atoms with Gasteiger partial charge in [0.05, 0.1) is 12.5 Å². The van der Waals surface area contributed by atoms with Crippen LogP contribution in [0.3, 0.4) is 0 Å². The van der Waals surface area contributed by atoms with Crippen molar-refractivity contribution in [1.82, 2.24) is 14.9 Å². The van der Waals surface area contributed by atoms with Crippen molar-refractivity contribution in [1.29, 1.82) is 0 Å². The number of carbonyl (C=O) groups is 2. The SMILES string of the molecule is CCC[C@H](CN(O)C=O)C(=O)N1CCC[C@H]1c1nc2cc3ccccc3cc2o1. The first-order valence-electron chi connectivity index (χ1n) is 10.1. The van der Waals surface area contributed by atoms with Gasteiger partial charge in [0, 0.05) is 6.54 Å². The van der Waals surface area contributed by atoms with Crippen molar-refractivity contribution in [3.63, 3.8) is 0 Å². The van der Waals surface area contributed by atoms with Crippen LogP contribution in [0.15, 0.2) is 40.8 Å². The minimum Gasteiger partial charge on any atom is -0.438 e. The van der Waals surface area contributed by atoms with E-state index in [1.807, 2.05) is 43.3 Å². The van der Waals surface area contributed by atoms with Crippen molar-refractivity contribution in [3.05, 3.63) is 42.3 Å². The van der Waals surface area contributed by atoms with Crippen LogP contribution in [0, 0.1) is 5.92 Å². The molecule has 0 spiro atoms.